The predicted molar refractivity (Wildman–Crippen MR) is 105 cm³/mol. The number of oxazole rings is 1. The molecule has 1 unspecified atom stereocenters. The normalized spacial score (nSPS) is 24.3. The van der Waals surface area contributed by atoms with Gasteiger partial charge in [0.05, 0.1) is 5.56 Å². The summed E-state index contributed by atoms with van der Waals surface area (Å²) in [5.41, 5.74) is 3.97. The number of nitrogens with zero attached hydrogens (tertiary/aromatic N) is 2. The number of carbonyl (C=O) groups excluding carboxylic acids is 1. The lowest BCUT2D eigenvalue weighted by Gasteiger charge is -2.44. The Bertz CT molecular complexity index is 984. The summed E-state index contributed by atoms with van der Waals surface area (Å²) in [5.74, 6) is 1.09. The highest BCUT2D eigenvalue weighted by Gasteiger charge is 2.35. The van der Waals surface area contributed by atoms with Crippen LogP contribution in [0.15, 0.2) is 46.9 Å². The van der Waals surface area contributed by atoms with E-state index < -0.39 is 0 Å². The first kappa shape index (κ1) is 16.5. The van der Waals surface area contributed by atoms with Gasteiger partial charge in [-0.1, -0.05) is 23.8 Å². The van der Waals surface area contributed by atoms with E-state index in [0.717, 1.165) is 25.2 Å². The lowest BCUT2D eigenvalue weighted by Crippen LogP contribution is -2.57. The van der Waals surface area contributed by atoms with E-state index in [0.29, 0.717) is 28.5 Å². The highest BCUT2D eigenvalue weighted by Crippen LogP contribution is 2.29. The van der Waals surface area contributed by atoms with E-state index in [2.05, 4.69) is 15.2 Å². The minimum absolute atomic E-state index is 0.0527. The highest BCUT2D eigenvalue weighted by atomic mass is 16.3. The topological polar surface area (TPSA) is 58.4 Å². The SMILES string of the molecule is Cc1ccc(-c2nc3c(C(=O)NC4CN5CCC4CC5)cccc3o2)cc1. The number of amides is 1. The number of piperidine rings is 3. The minimum Gasteiger partial charge on any atom is -0.436 e. The molecule has 138 valence electrons. The summed E-state index contributed by atoms with van der Waals surface area (Å²) in [6, 6.07) is 13.8. The van der Waals surface area contributed by atoms with Crippen LogP contribution in [0.3, 0.4) is 0 Å². The van der Waals surface area contributed by atoms with Crippen molar-refractivity contribution in [3.63, 3.8) is 0 Å². The van der Waals surface area contributed by atoms with Gasteiger partial charge >= 0.3 is 0 Å². The first-order valence-corrected chi connectivity index (χ1v) is 9.67. The van der Waals surface area contributed by atoms with Crippen LogP contribution in [0, 0.1) is 12.8 Å². The monoisotopic (exact) mass is 361 g/mol. The van der Waals surface area contributed by atoms with Crippen LogP contribution in [0.4, 0.5) is 0 Å². The summed E-state index contributed by atoms with van der Waals surface area (Å²) in [6.07, 6.45) is 2.35. The Morgan fingerprint density at radius 2 is 1.93 bits per heavy atom. The molecule has 3 aliphatic heterocycles. The van der Waals surface area contributed by atoms with Crippen molar-refractivity contribution in [1.29, 1.82) is 0 Å². The quantitative estimate of drug-likeness (QED) is 0.774. The molecule has 2 bridgehead atoms. The first-order valence-electron chi connectivity index (χ1n) is 9.67. The van der Waals surface area contributed by atoms with E-state index in [1.807, 2.05) is 49.4 Å². The van der Waals surface area contributed by atoms with Gasteiger partial charge in [-0.25, -0.2) is 4.98 Å². The Morgan fingerprint density at radius 1 is 1.15 bits per heavy atom. The molecule has 4 heterocycles. The summed E-state index contributed by atoms with van der Waals surface area (Å²) in [4.78, 5) is 20.1. The lowest BCUT2D eigenvalue weighted by molar-refractivity contribution is 0.0621. The van der Waals surface area contributed by atoms with Gasteiger partial charge in [-0.05, 0) is 63.0 Å². The largest absolute Gasteiger partial charge is 0.436 e. The smallest absolute Gasteiger partial charge is 0.253 e. The number of carbonyl (C=O) groups is 1. The molecule has 6 rings (SSSR count). The molecule has 1 aromatic heterocycles. The molecule has 1 amide bonds. The van der Waals surface area contributed by atoms with Gasteiger partial charge in [0.1, 0.15) is 5.52 Å². The molecule has 2 aromatic carbocycles. The Kier molecular flexibility index (Phi) is 3.97. The van der Waals surface area contributed by atoms with Gasteiger partial charge in [0.25, 0.3) is 5.91 Å². The lowest BCUT2D eigenvalue weighted by atomic mass is 9.84. The third kappa shape index (κ3) is 3.02. The second kappa shape index (κ2) is 6.50. The second-order valence-corrected chi connectivity index (χ2v) is 7.76. The second-order valence-electron chi connectivity index (χ2n) is 7.76. The fourth-order valence-electron chi connectivity index (χ4n) is 4.33. The zero-order valence-electron chi connectivity index (χ0n) is 15.4. The maximum absolute atomic E-state index is 13.0. The first-order chi connectivity index (χ1) is 13.2. The molecular weight excluding hydrogens is 338 g/mol. The van der Waals surface area contributed by atoms with Crippen molar-refractivity contribution < 1.29 is 9.21 Å². The fraction of sp³-hybridized carbons (Fsp3) is 0.364. The van der Waals surface area contributed by atoms with Gasteiger partial charge in [-0.2, -0.15) is 0 Å². The number of hydrogen-bond donors (Lipinski definition) is 1. The van der Waals surface area contributed by atoms with Crippen LogP contribution in [-0.2, 0) is 0 Å². The van der Waals surface area contributed by atoms with Crippen LogP contribution in [0.25, 0.3) is 22.6 Å². The number of fused-ring (bicyclic) bond motifs is 4. The van der Waals surface area contributed by atoms with Crippen LogP contribution in [0.5, 0.6) is 0 Å². The minimum atomic E-state index is -0.0527. The number of nitrogens with one attached hydrogen (secondary N) is 1. The molecule has 1 N–H and O–H groups in total. The summed E-state index contributed by atoms with van der Waals surface area (Å²) in [6.45, 7) is 5.33. The fourth-order valence-corrected chi connectivity index (χ4v) is 4.33. The van der Waals surface area contributed by atoms with Crippen LogP contribution in [0.2, 0.25) is 0 Å². The van der Waals surface area contributed by atoms with Crippen molar-refractivity contribution >= 4 is 17.0 Å². The molecule has 0 spiro atoms. The summed E-state index contributed by atoms with van der Waals surface area (Å²) in [7, 11) is 0. The Hall–Kier alpha value is -2.66. The van der Waals surface area contributed by atoms with E-state index in [1.165, 1.54) is 18.4 Å². The summed E-state index contributed by atoms with van der Waals surface area (Å²) in [5, 5.41) is 3.25. The predicted octanol–water partition coefficient (Wildman–Crippen LogP) is 3.63. The van der Waals surface area contributed by atoms with Crippen molar-refractivity contribution in [2.45, 2.75) is 25.8 Å². The van der Waals surface area contributed by atoms with Gasteiger partial charge in [-0.15, -0.1) is 0 Å². The molecule has 5 nitrogen and oxygen atoms in total. The van der Waals surface area contributed by atoms with E-state index in [4.69, 9.17) is 4.42 Å². The maximum atomic E-state index is 13.0. The average molecular weight is 361 g/mol. The van der Waals surface area contributed by atoms with E-state index in [9.17, 15) is 4.79 Å². The Morgan fingerprint density at radius 3 is 2.63 bits per heavy atom. The third-order valence-corrected chi connectivity index (χ3v) is 5.93. The van der Waals surface area contributed by atoms with E-state index in [1.54, 1.807) is 0 Å². The molecule has 5 heteroatoms. The molecule has 27 heavy (non-hydrogen) atoms. The molecule has 3 fully saturated rings. The maximum Gasteiger partial charge on any atom is 0.253 e. The number of rotatable bonds is 3. The van der Waals surface area contributed by atoms with Gasteiger partial charge in [0, 0.05) is 18.2 Å². The number of hydrogen-bond acceptors (Lipinski definition) is 4. The Labute approximate surface area is 158 Å². The summed E-state index contributed by atoms with van der Waals surface area (Å²) < 4.78 is 5.92. The average Bonchev–Trinajstić information content (AvgIpc) is 3.13. The standard InChI is InChI=1S/C22H23N3O2/c1-14-5-7-16(8-6-14)22-24-20-17(3-2-4-19(20)27-22)21(26)23-18-13-25-11-9-15(18)10-12-25/h2-8,15,18H,9-13H2,1H3,(H,23,26). The number of aryl methyl sites for hydroxylation is 1. The van der Waals surface area contributed by atoms with Crippen molar-refractivity contribution in [3.05, 3.63) is 53.6 Å². The van der Waals surface area contributed by atoms with E-state index in [-0.39, 0.29) is 11.9 Å². The van der Waals surface area contributed by atoms with Crippen LogP contribution < -0.4 is 5.32 Å². The van der Waals surface area contributed by atoms with Gasteiger partial charge < -0.3 is 14.6 Å². The third-order valence-electron chi connectivity index (χ3n) is 5.93. The van der Waals surface area contributed by atoms with Crippen molar-refractivity contribution in [2.24, 2.45) is 5.92 Å². The highest BCUT2D eigenvalue weighted by molar-refractivity contribution is 6.05. The molecular formula is C22H23N3O2. The van der Waals surface area contributed by atoms with Crippen LogP contribution in [0.1, 0.15) is 28.8 Å². The van der Waals surface area contributed by atoms with Gasteiger partial charge in [-0.3, -0.25) is 4.79 Å². The number of benzene rings is 2. The van der Waals surface area contributed by atoms with Gasteiger partial charge in [0.2, 0.25) is 5.89 Å². The van der Waals surface area contributed by atoms with E-state index >= 15 is 0 Å². The molecule has 0 radical (unpaired) electrons. The molecule has 0 saturated carbocycles. The van der Waals surface area contributed by atoms with Crippen molar-refractivity contribution in [1.82, 2.24) is 15.2 Å². The summed E-state index contributed by atoms with van der Waals surface area (Å²) >= 11 is 0. The number of aromatic nitrogens is 1. The van der Waals surface area contributed by atoms with Crippen molar-refractivity contribution in [2.75, 3.05) is 19.6 Å². The molecule has 3 aromatic rings. The Balaban J connectivity index is 1.44. The van der Waals surface area contributed by atoms with Crippen molar-refractivity contribution in [3.8, 4) is 11.5 Å². The van der Waals surface area contributed by atoms with Crippen LogP contribution >= 0.6 is 0 Å². The molecule has 1 atom stereocenters. The van der Waals surface area contributed by atoms with Crippen LogP contribution in [-0.4, -0.2) is 41.5 Å². The molecule has 3 saturated heterocycles. The zero-order valence-corrected chi connectivity index (χ0v) is 15.4. The molecule has 0 aliphatic carbocycles. The number of para-hydroxylation sites is 1. The molecule has 3 aliphatic rings. The zero-order chi connectivity index (χ0) is 18.4. The van der Waals surface area contributed by atoms with Gasteiger partial charge in [0.15, 0.2) is 5.58 Å².